The molecule has 1 heterocycles. The predicted octanol–water partition coefficient (Wildman–Crippen LogP) is 3.78. The van der Waals surface area contributed by atoms with E-state index in [1.54, 1.807) is 11.4 Å². The molecule has 0 aliphatic carbocycles. The minimum Gasteiger partial charge on any atom is -0.494 e. The highest BCUT2D eigenvalue weighted by molar-refractivity contribution is 7.13. The molecule has 5 heteroatoms. The zero-order valence-corrected chi connectivity index (χ0v) is 10.4. The molecule has 2 aromatic rings. The number of hydrogen-bond donors (Lipinski definition) is 0. The fourth-order valence-electron chi connectivity index (χ4n) is 1.39. The fourth-order valence-corrected chi connectivity index (χ4v) is 2.49. The first-order valence-corrected chi connectivity index (χ1v) is 6.00. The lowest BCUT2D eigenvalue weighted by atomic mass is 10.1. The molecular formula is C12H8ClFO2S. The van der Waals surface area contributed by atoms with E-state index in [0.717, 1.165) is 0 Å². The standard InChI is InChI=1S/C12H8ClFO2S/c1-16-10-6-7(2-3-9(10)14)11(15)12-8(13)4-5-17-12/h2-6H,1H3. The summed E-state index contributed by atoms with van der Waals surface area (Å²) >= 11 is 7.13. The second kappa shape index (κ2) is 4.85. The molecule has 1 aromatic heterocycles. The molecule has 0 unspecified atom stereocenters. The third kappa shape index (κ3) is 2.33. The second-order valence-corrected chi connectivity index (χ2v) is 4.60. The molecule has 0 bridgehead atoms. The van der Waals surface area contributed by atoms with Gasteiger partial charge >= 0.3 is 0 Å². The van der Waals surface area contributed by atoms with Crippen LogP contribution in [0, 0.1) is 5.82 Å². The Bertz CT molecular complexity index is 565. The van der Waals surface area contributed by atoms with Crippen molar-refractivity contribution in [2.75, 3.05) is 7.11 Å². The van der Waals surface area contributed by atoms with Crippen LogP contribution >= 0.6 is 22.9 Å². The molecule has 0 amide bonds. The zero-order chi connectivity index (χ0) is 12.4. The number of methoxy groups -OCH3 is 1. The number of rotatable bonds is 3. The van der Waals surface area contributed by atoms with Crippen LogP contribution in [0.3, 0.4) is 0 Å². The van der Waals surface area contributed by atoms with Gasteiger partial charge in [-0.1, -0.05) is 11.6 Å². The summed E-state index contributed by atoms with van der Waals surface area (Å²) < 4.78 is 18.0. The molecule has 17 heavy (non-hydrogen) atoms. The highest BCUT2D eigenvalue weighted by Crippen LogP contribution is 2.27. The van der Waals surface area contributed by atoms with Crippen molar-refractivity contribution in [3.05, 3.63) is 50.9 Å². The maximum atomic E-state index is 13.2. The first kappa shape index (κ1) is 12.1. The van der Waals surface area contributed by atoms with Crippen LogP contribution in [0.25, 0.3) is 0 Å². The van der Waals surface area contributed by atoms with Crippen LogP contribution in [0.15, 0.2) is 29.6 Å². The zero-order valence-electron chi connectivity index (χ0n) is 8.87. The van der Waals surface area contributed by atoms with Crippen LogP contribution < -0.4 is 4.74 Å². The molecule has 88 valence electrons. The van der Waals surface area contributed by atoms with Crippen LogP contribution in [0.5, 0.6) is 5.75 Å². The minimum atomic E-state index is -0.499. The summed E-state index contributed by atoms with van der Waals surface area (Å²) in [5, 5.41) is 2.14. The minimum absolute atomic E-state index is 0.0449. The topological polar surface area (TPSA) is 26.3 Å². The summed E-state index contributed by atoms with van der Waals surface area (Å²) in [4.78, 5) is 12.5. The molecule has 0 saturated heterocycles. The Morgan fingerprint density at radius 2 is 2.18 bits per heavy atom. The van der Waals surface area contributed by atoms with Gasteiger partial charge in [-0.15, -0.1) is 11.3 Å². The number of halogens is 2. The maximum absolute atomic E-state index is 13.2. The van der Waals surface area contributed by atoms with Gasteiger partial charge in [0.05, 0.1) is 17.0 Å². The number of hydrogen-bond acceptors (Lipinski definition) is 3. The van der Waals surface area contributed by atoms with Crippen molar-refractivity contribution in [3.63, 3.8) is 0 Å². The highest BCUT2D eigenvalue weighted by Gasteiger charge is 2.16. The van der Waals surface area contributed by atoms with E-state index < -0.39 is 5.82 Å². The van der Waals surface area contributed by atoms with Gasteiger partial charge in [0, 0.05) is 5.56 Å². The average molecular weight is 271 g/mol. The number of ether oxygens (including phenoxy) is 1. The normalized spacial score (nSPS) is 10.3. The first-order valence-electron chi connectivity index (χ1n) is 4.74. The molecule has 0 fully saturated rings. The molecule has 1 aromatic carbocycles. The van der Waals surface area contributed by atoms with Crippen molar-refractivity contribution in [2.24, 2.45) is 0 Å². The second-order valence-electron chi connectivity index (χ2n) is 3.28. The Morgan fingerprint density at radius 3 is 2.76 bits per heavy atom. The molecule has 0 N–H and O–H groups in total. The van der Waals surface area contributed by atoms with Gasteiger partial charge in [0.15, 0.2) is 11.6 Å². The smallest absolute Gasteiger partial charge is 0.204 e. The molecule has 0 atom stereocenters. The van der Waals surface area contributed by atoms with Crippen LogP contribution in [-0.2, 0) is 0 Å². The fraction of sp³-hybridized carbons (Fsp3) is 0.0833. The molecule has 0 aliphatic heterocycles. The predicted molar refractivity (Wildman–Crippen MR) is 65.7 cm³/mol. The van der Waals surface area contributed by atoms with E-state index in [0.29, 0.717) is 15.5 Å². The molecule has 2 nitrogen and oxygen atoms in total. The SMILES string of the molecule is COc1cc(C(=O)c2sccc2Cl)ccc1F. The van der Waals surface area contributed by atoms with Gasteiger partial charge in [0.25, 0.3) is 0 Å². The highest BCUT2D eigenvalue weighted by atomic mass is 35.5. The number of carbonyl (C=O) groups is 1. The van der Waals surface area contributed by atoms with Gasteiger partial charge in [-0.25, -0.2) is 4.39 Å². The van der Waals surface area contributed by atoms with E-state index >= 15 is 0 Å². The van der Waals surface area contributed by atoms with Crippen molar-refractivity contribution >= 4 is 28.7 Å². The lowest BCUT2D eigenvalue weighted by Gasteiger charge is -2.04. The number of benzene rings is 1. The molecule has 0 spiro atoms. The quantitative estimate of drug-likeness (QED) is 0.794. The monoisotopic (exact) mass is 270 g/mol. The van der Waals surface area contributed by atoms with Gasteiger partial charge in [-0.2, -0.15) is 0 Å². The van der Waals surface area contributed by atoms with Gasteiger partial charge in [0.2, 0.25) is 5.78 Å². The van der Waals surface area contributed by atoms with E-state index in [-0.39, 0.29) is 11.5 Å². The van der Waals surface area contributed by atoms with E-state index in [1.807, 2.05) is 0 Å². The van der Waals surface area contributed by atoms with E-state index in [9.17, 15) is 9.18 Å². The van der Waals surface area contributed by atoms with Crippen LogP contribution in [0.4, 0.5) is 4.39 Å². The molecule has 0 aliphatic rings. The first-order chi connectivity index (χ1) is 8.13. The van der Waals surface area contributed by atoms with Crippen molar-refractivity contribution < 1.29 is 13.9 Å². The maximum Gasteiger partial charge on any atom is 0.204 e. The molecule has 0 radical (unpaired) electrons. The van der Waals surface area contributed by atoms with Crippen molar-refractivity contribution in [1.29, 1.82) is 0 Å². The summed E-state index contributed by atoms with van der Waals surface area (Å²) in [6.07, 6.45) is 0. The van der Waals surface area contributed by atoms with Crippen molar-refractivity contribution in [3.8, 4) is 5.75 Å². The summed E-state index contributed by atoms with van der Waals surface area (Å²) in [6.45, 7) is 0. The Balaban J connectivity index is 2.41. The Hall–Kier alpha value is -1.39. The van der Waals surface area contributed by atoms with E-state index in [2.05, 4.69) is 0 Å². The molecule has 2 rings (SSSR count). The summed E-state index contributed by atoms with van der Waals surface area (Å²) in [6, 6.07) is 5.64. The Morgan fingerprint density at radius 1 is 1.41 bits per heavy atom. The lowest BCUT2D eigenvalue weighted by molar-refractivity contribution is 0.104. The van der Waals surface area contributed by atoms with Gasteiger partial charge in [0.1, 0.15) is 0 Å². The van der Waals surface area contributed by atoms with Crippen molar-refractivity contribution in [1.82, 2.24) is 0 Å². The van der Waals surface area contributed by atoms with E-state index in [1.165, 1.54) is 36.6 Å². The third-order valence-electron chi connectivity index (χ3n) is 2.24. The van der Waals surface area contributed by atoms with Gasteiger partial charge in [-0.3, -0.25) is 4.79 Å². The largest absolute Gasteiger partial charge is 0.494 e. The van der Waals surface area contributed by atoms with Gasteiger partial charge < -0.3 is 4.74 Å². The average Bonchev–Trinajstić information content (AvgIpc) is 2.75. The number of thiophene rings is 1. The van der Waals surface area contributed by atoms with Crippen LogP contribution in [0.1, 0.15) is 15.2 Å². The Kier molecular flexibility index (Phi) is 3.45. The number of carbonyl (C=O) groups excluding carboxylic acids is 1. The van der Waals surface area contributed by atoms with Crippen molar-refractivity contribution in [2.45, 2.75) is 0 Å². The lowest BCUT2D eigenvalue weighted by Crippen LogP contribution is -2.00. The summed E-state index contributed by atoms with van der Waals surface area (Å²) in [5.41, 5.74) is 0.354. The molecule has 0 saturated carbocycles. The summed E-state index contributed by atoms with van der Waals surface area (Å²) in [5.74, 6) is -0.687. The number of ketones is 1. The van der Waals surface area contributed by atoms with Gasteiger partial charge in [-0.05, 0) is 29.6 Å². The molecular weight excluding hydrogens is 263 g/mol. The van der Waals surface area contributed by atoms with Crippen LogP contribution in [-0.4, -0.2) is 12.9 Å². The Labute approximate surface area is 107 Å². The van der Waals surface area contributed by atoms with E-state index in [4.69, 9.17) is 16.3 Å². The van der Waals surface area contributed by atoms with Crippen LogP contribution in [0.2, 0.25) is 5.02 Å². The summed E-state index contributed by atoms with van der Waals surface area (Å²) in [7, 11) is 1.35. The third-order valence-corrected chi connectivity index (χ3v) is 3.58.